The van der Waals surface area contributed by atoms with Crippen LogP contribution in [0.3, 0.4) is 0 Å². The van der Waals surface area contributed by atoms with Crippen LogP contribution in [0.1, 0.15) is 43.9 Å². The van der Waals surface area contributed by atoms with Crippen molar-refractivity contribution in [3.8, 4) is 17.2 Å². The van der Waals surface area contributed by atoms with Crippen LogP contribution in [-0.4, -0.2) is 38.5 Å². The van der Waals surface area contributed by atoms with E-state index in [1.807, 2.05) is 60.0 Å². The molecule has 0 aliphatic carbocycles. The number of anilines is 2. The maximum Gasteiger partial charge on any atom is 0.295 e. The van der Waals surface area contributed by atoms with E-state index in [9.17, 15) is 4.79 Å². The number of nitrogens with one attached hydrogen (secondary N) is 2. The van der Waals surface area contributed by atoms with Crippen molar-refractivity contribution in [2.75, 3.05) is 18.4 Å². The van der Waals surface area contributed by atoms with Crippen molar-refractivity contribution < 1.29 is 9.47 Å². The number of piperidine rings is 1. The first-order chi connectivity index (χ1) is 21.8. The van der Waals surface area contributed by atoms with E-state index >= 15 is 0 Å². The predicted molar refractivity (Wildman–Crippen MR) is 180 cm³/mol. The summed E-state index contributed by atoms with van der Waals surface area (Å²) in [5.41, 5.74) is 3.36. The van der Waals surface area contributed by atoms with Crippen LogP contribution in [0.25, 0.3) is 11.0 Å². The molecule has 1 atom stereocenters. The van der Waals surface area contributed by atoms with Gasteiger partial charge in [-0.3, -0.25) is 9.36 Å². The summed E-state index contributed by atoms with van der Waals surface area (Å²) >= 11 is 1.79. The van der Waals surface area contributed by atoms with Gasteiger partial charge in [0.15, 0.2) is 5.75 Å². The number of ether oxygens (including phenoxy) is 2. The molecule has 3 aromatic carbocycles. The Morgan fingerprint density at radius 2 is 1.73 bits per heavy atom. The lowest BCUT2D eigenvalue weighted by Crippen LogP contribution is -2.40. The molecule has 0 saturated carbocycles. The zero-order valence-corrected chi connectivity index (χ0v) is 26.6. The molecule has 2 aliphatic rings. The molecule has 45 heavy (non-hydrogen) atoms. The van der Waals surface area contributed by atoms with Gasteiger partial charge in [0.25, 0.3) is 5.56 Å². The van der Waals surface area contributed by atoms with Crippen molar-refractivity contribution in [3.63, 3.8) is 0 Å². The fraction of sp³-hybridized carbons (Fsp3) is 0.306. The van der Waals surface area contributed by atoms with Crippen LogP contribution in [-0.2, 0) is 6.42 Å². The number of aryl methyl sites for hydroxylation is 1. The van der Waals surface area contributed by atoms with E-state index in [-0.39, 0.29) is 28.2 Å². The Labute approximate surface area is 267 Å². The smallest absolute Gasteiger partial charge is 0.295 e. The summed E-state index contributed by atoms with van der Waals surface area (Å²) in [6.45, 7) is 8.33. The molecule has 0 radical (unpaired) electrons. The van der Waals surface area contributed by atoms with Gasteiger partial charge in [0, 0.05) is 26.9 Å². The van der Waals surface area contributed by atoms with Crippen LogP contribution in [0.15, 0.2) is 94.7 Å². The molecule has 4 heterocycles. The van der Waals surface area contributed by atoms with E-state index in [1.165, 1.54) is 10.5 Å². The summed E-state index contributed by atoms with van der Waals surface area (Å²) in [4.78, 5) is 25.2. The monoisotopic (exact) mass is 619 g/mol. The average Bonchev–Trinajstić information content (AvgIpc) is 3.04. The highest BCUT2D eigenvalue weighted by Gasteiger charge is 2.39. The quantitative estimate of drug-likeness (QED) is 0.194. The van der Waals surface area contributed by atoms with Gasteiger partial charge < -0.3 is 20.1 Å². The number of thioether (sulfide) groups is 1. The molecule has 1 fully saturated rings. The molecule has 2 N–H and O–H groups in total. The molecule has 7 rings (SSSR count). The Bertz CT molecular complexity index is 1900. The second-order valence-corrected chi connectivity index (χ2v) is 14.0. The molecule has 1 saturated heterocycles. The summed E-state index contributed by atoms with van der Waals surface area (Å²) in [5.74, 6) is 2.16. The normalized spacial score (nSPS) is 17.9. The maximum absolute atomic E-state index is 14.4. The number of benzene rings is 3. The molecular formula is C36H37N5O3S. The number of fused-ring (bicyclic) bond motifs is 2. The topological polar surface area (TPSA) is 90.3 Å². The van der Waals surface area contributed by atoms with Crippen LogP contribution in [0.2, 0.25) is 0 Å². The van der Waals surface area contributed by atoms with Gasteiger partial charge >= 0.3 is 0 Å². The average molecular weight is 620 g/mol. The molecule has 8 nitrogen and oxygen atoms in total. The first-order valence-corrected chi connectivity index (χ1v) is 16.3. The molecular weight excluding hydrogens is 582 g/mol. The molecule has 2 aliphatic heterocycles. The van der Waals surface area contributed by atoms with E-state index in [2.05, 4.69) is 53.7 Å². The number of nitrogens with zero attached hydrogens (tertiary/aromatic N) is 3. The van der Waals surface area contributed by atoms with E-state index in [0.717, 1.165) is 48.3 Å². The highest BCUT2D eigenvalue weighted by molar-refractivity contribution is 8.00. The SMILES string of the molecule is Cc1ccccc1Oc1cc2cnc(Nc3ccc(OC4CCNCC4)cc3)nc2n(C2Cc3ccccc3SC2(C)C)c1=O. The number of pyridine rings is 1. The molecule has 2 aromatic heterocycles. The van der Waals surface area contributed by atoms with Crippen LogP contribution in [0.4, 0.5) is 11.6 Å². The highest BCUT2D eigenvalue weighted by Crippen LogP contribution is 2.48. The molecule has 1 unspecified atom stereocenters. The third kappa shape index (κ3) is 6.15. The number of rotatable bonds is 7. The number of para-hydroxylation sites is 1. The summed E-state index contributed by atoms with van der Waals surface area (Å²) in [6.07, 6.45) is 4.71. The molecule has 0 spiro atoms. The second-order valence-electron chi connectivity index (χ2n) is 12.3. The Balaban J connectivity index is 1.26. The van der Waals surface area contributed by atoms with Crippen LogP contribution in [0, 0.1) is 6.92 Å². The van der Waals surface area contributed by atoms with Gasteiger partial charge in [-0.25, -0.2) is 4.98 Å². The van der Waals surface area contributed by atoms with E-state index in [4.69, 9.17) is 14.5 Å². The lowest BCUT2D eigenvalue weighted by atomic mass is 9.94. The Morgan fingerprint density at radius 3 is 2.53 bits per heavy atom. The molecule has 0 bridgehead atoms. The van der Waals surface area contributed by atoms with Crippen molar-refractivity contribution in [3.05, 3.63) is 107 Å². The summed E-state index contributed by atoms with van der Waals surface area (Å²) in [6, 6.07) is 25.6. The molecule has 0 amide bonds. The third-order valence-electron chi connectivity index (χ3n) is 8.63. The zero-order valence-electron chi connectivity index (χ0n) is 25.7. The Hall–Kier alpha value is -4.34. The van der Waals surface area contributed by atoms with Crippen LogP contribution >= 0.6 is 11.8 Å². The first kappa shape index (κ1) is 29.4. The van der Waals surface area contributed by atoms with Gasteiger partial charge in [-0.05, 0) is 107 Å². The first-order valence-electron chi connectivity index (χ1n) is 15.5. The maximum atomic E-state index is 14.4. The lowest BCUT2D eigenvalue weighted by molar-refractivity contribution is 0.162. The fourth-order valence-electron chi connectivity index (χ4n) is 6.14. The summed E-state index contributed by atoms with van der Waals surface area (Å²) in [7, 11) is 0. The van der Waals surface area contributed by atoms with Crippen molar-refractivity contribution in [1.29, 1.82) is 0 Å². The molecule has 230 valence electrons. The van der Waals surface area contributed by atoms with Gasteiger partial charge in [-0.15, -0.1) is 11.8 Å². The van der Waals surface area contributed by atoms with Crippen LogP contribution < -0.4 is 25.7 Å². The summed E-state index contributed by atoms with van der Waals surface area (Å²) in [5, 5.41) is 7.44. The number of aromatic nitrogens is 3. The van der Waals surface area contributed by atoms with E-state index < -0.39 is 0 Å². The van der Waals surface area contributed by atoms with Gasteiger partial charge in [-0.2, -0.15) is 4.98 Å². The largest absolute Gasteiger partial charge is 0.490 e. The fourth-order valence-corrected chi connectivity index (χ4v) is 7.46. The predicted octanol–water partition coefficient (Wildman–Crippen LogP) is 7.43. The number of hydrogen-bond donors (Lipinski definition) is 2. The standard InChI is InChI=1S/C36H37N5O3S/c1-23-8-4-6-10-29(23)44-30-20-25-22-38-35(39-26-12-14-27(15-13-26)43-28-16-18-37-19-17-28)40-33(25)41(34(30)42)32-21-24-9-5-7-11-31(24)45-36(32,2)3/h4-15,20,22,28,32,37H,16-19,21H2,1-3H3,(H,38,39,40). The van der Waals surface area contributed by atoms with E-state index in [1.54, 1.807) is 24.0 Å². The number of hydrogen-bond acceptors (Lipinski definition) is 8. The minimum atomic E-state index is -0.296. The third-order valence-corrected chi connectivity index (χ3v) is 10.0. The minimum Gasteiger partial charge on any atom is -0.490 e. The van der Waals surface area contributed by atoms with Gasteiger partial charge in [-0.1, -0.05) is 36.4 Å². The summed E-state index contributed by atoms with van der Waals surface area (Å²) < 4.78 is 14.0. The molecule has 9 heteroatoms. The van der Waals surface area contributed by atoms with Crippen LogP contribution in [0.5, 0.6) is 17.2 Å². The van der Waals surface area contributed by atoms with E-state index in [0.29, 0.717) is 23.8 Å². The van der Waals surface area contributed by atoms with Gasteiger partial charge in [0.05, 0.1) is 6.04 Å². The van der Waals surface area contributed by atoms with Crippen molar-refractivity contribution >= 4 is 34.4 Å². The van der Waals surface area contributed by atoms with Gasteiger partial charge in [0.1, 0.15) is 23.3 Å². The highest BCUT2D eigenvalue weighted by atomic mass is 32.2. The lowest BCUT2D eigenvalue weighted by Gasteiger charge is -2.40. The second kappa shape index (κ2) is 12.2. The Morgan fingerprint density at radius 1 is 0.978 bits per heavy atom. The van der Waals surface area contributed by atoms with Gasteiger partial charge in [0.2, 0.25) is 5.95 Å². The minimum absolute atomic E-state index is 0.179. The van der Waals surface area contributed by atoms with Crippen molar-refractivity contribution in [2.45, 2.75) is 61.8 Å². The Kier molecular flexibility index (Phi) is 7.97. The zero-order chi connectivity index (χ0) is 31.0. The van der Waals surface area contributed by atoms with Crippen molar-refractivity contribution in [1.82, 2.24) is 19.9 Å². The molecule has 5 aromatic rings. The van der Waals surface area contributed by atoms with Crippen molar-refractivity contribution in [2.24, 2.45) is 0 Å².